The molecule has 4 heteroatoms. The normalized spacial score (nSPS) is 18.7. The van der Waals surface area contributed by atoms with Gasteiger partial charge >= 0.3 is 0 Å². The molecule has 0 saturated heterocycles. The van der Waals surface area contributed by atoms with Crippen LogP contribution in [0.1, 0.15) is 105 Å². The predicted octanol–water partition coefficient (Wildman–Crippen LogP) is 4.67. The number of hydrogen-bond acceptors (Lipinski definition) is 4. The van der Waals surface area contributed by atoms with Gasteiger partial charge in [0.15, 0.2) is 0 Å². The molecule has 0 aliphatic heterocycles. The second kappa shape index (κ2) is 15.7. The third kappa shape index (κ3) is 14.5. The molecule has 0 fully saturated rings. The summed E-state index contributed by atoms with van der Waals surface area (Å²) < 4.78 is 0. The summed E-state index contributed by atoms with van der Waals surface area (Å²) in [5, 5.41) is 37.5. The van der Waals surface area contributed by atoms with E-state index in [1.54, 1.807) is 6.92 Å². The zero-order valence-corrected chi connectivity index (χ0v) is 18.5. The van der Waals surface area contributed by atoms with E-state index in [1.165, 1.54) is 44.9 Å². The van der Waals surface area contributed by atoms with Crippen molar-refractivity contribution in [3.05, 3.63) is 0 Å². The summed E-state index contributed by atoms with van der Waals surface area (Å²) in [6.07, 6.45) is 12.5. The Hall–Kier alpha value is -0.160. The van der Waals surface area contributed by atoms with Gasteiger partial charge in [-0.3, -0.25) is 0 Å². The number of aliphatic hydroxyl groups is 4. The molecule has 0 heterocycles. The van der Waals surface area contributed by atoms with E-state index in [2.05, 4.69) is 20.8 Å². The molecule has 164 valence electrons. The second-order valence-electron chi connectivity index (χ2n) is 9.34. The Morgan fingerprint density at radius 2 is 1.07 bits per heavy atom. The zero-order chi connectivity index (χ0) is 20.7. The van der Waals surface area contributed by atoms with Gasteiger partial charge in [0, 0.05) is 6.61 Å². The molecule has 0 radical (unpaired) electrons. The van der Waals surface area contributed by atoms with Gasteiger partial charge in [-0.25, -0.2) is 0 Å². The molecule has 4 N–H and O–H groups in total. The maximum absolute atomic E-state index is 10.1. The topological polar surface area (TPSA) is 80.9 Å². The van der Waals surface area contributed by atoms with Crippen LogP contribution in [0.25, 0.3) is 0 Å². The summed E-state index contributed by atoms with van der Waals surface area (Å²) in [6.45, 7) is 8.52. The van der Waals surface area contributed by atoms with Crippen LogP contribution < -0.4 is 0 Å². The highest BCUT2D eigenvalue weighted by molar-refractivity contribution is 4.81. The first-order chi connectivity index (χ1) is 12.7. The molecule has 27 heavy (non-hydrogen) atoms. The van der Waals surface area contributed by atoms with Gasteiger partial charge < -0.3 is 20.4 Å². The van der Waals surface area contributed by atoms with Gasteiger partial charge in [-0.1, -0.05) is 85.0 Å². The van der Waals surface area contributed by atoms with Crippen molar-refractivity contribution < 1.29 is 20.4 Å². The maximum Gasteiger partial charge on any atom is 0.105 e. The molecule has 0 bridgehead atoms. The first-order valence-electron chi connectivity index (χ1n) is 11.3. The van der Waals surface area contributed by atoms with Crippen LogP contribution in [0.2, 0.25) is 0 Å². The summed E-state index contributed by atoms with van der Waals surface area (Å²) in [7, 11) is 0. The van der Waals surface area contributed by atoms with Crippen molar-refractivity contribution in [2.45, 2.75) is 116 Å². The van der Waals surface area contributed by atoms with Crippen molar-refractivity contribution in [2.24, 2.45) is 17.8 Å². The van der Waals surface area contributed by atoms with Crippen molar-refractivity contribution in [3.63, 3.8) is 0 Å². The molecule has 0 amide bonds. The number of aliphatic hydroxyl groups excluding tert-OH is 3. The SMILES string of the molecule is CC(CCCCO)CCCC(C)CCCC(C)CCCC(C)(O)C(O)CO. The lowest BCUT2D eigenvalue weighted by molar-refractivity contribution is -0.0886. The smallest absolute Gasteiger partial charge is 0.105 e. The van der Waals surface area contributed by atoms with Crippen LogP contribution in [0.3, 0.4) is 0 Å². The Balaban J connectivity index is 3.69. The molecule has 5 unspecified atom stereocenters. The van der Waals surface area contributed by atoms with E-state index in [0.717, 1.165) is 37.5 Å². The number of unbranched alkanes of at least 4 members (excludes halogenated alkanes) is 1. The average Bonchev–Trinajstić information content (AvgIpc) is 2.61. The second-order valence-corrected chi connectivity index (χ2v) is 9.34. The standard InChI is InChI=1S/C23H48O4/c1-19(10-5-6-17-24)11-7-12-20(2)13-8-14-21(3)15-9-16-23(4,27)22(26)18-25/h19-22,24-27H,5-18H2,1-4H3. The van der Waals surface area contributed by atoms with Crippen LogP contribution in [-0.2, 0) is 0 Å². The monoisotopic (exact) mass is 388 g/mol. The third-order valence-corrected chi connectivity index (χ3v) is 6.16. The summed E-state index contributed by atoms with van der Waals surface area (Å²) >= 11 is 0. The maximum atomic E-state index is 10.1. The predicted molar refractivity (Wildman–Crippen MR) is 114 cm³/mol. The van der Waals surface area contributed by atoms with Gasteiger partial charge in [0.2, 0.25) is 0 Å². The van der Waals surface area contributed by atoms with E-state index in [1.807, 2.05) is 0 Å². The molecular formula is C23H48O4. The molecule has 0 aromatic heterocycles. The molecule has 0 aliphatic rings. The number of rotatable bonds is 18. The van der Waals surface area contributed by atoms with Crippen LogP contribution in [0.15, 0.2) is 0 Å². The van der Waals surface area contributed by atoms with Gasteiger partial charge in [0.25, 0.3) is 0 Å². The van der Waals surface area contributed by atoms with Gasteiger partial charge in [-0.15, -0.1) is 0 Å². The van der Waals surface area contributed by atoms with Crippen LogP contribution in [0, 0.1) is 17.8 Å². The lowest BCUT2D eigenvalue weighted by atomic mass is 9.88. The van der Waals surface area contributed by atoms with Crippen LogP contribution >= 0.6 is 0 Å². The molecule has 0 aliphatic carbocycles. The van der Waals surface area contributed by atoms with E-state index in [-0.39, 0.29) is 6.61 Å². The van der Waals surface area contributed by atoms with E-state index in [4.69, 9.17) is 10.2 Å². The fraction of sp³-hybridized carbons (Fsp3) is 1.00. The summed E-state index contributed by atoms with van der Waals surface area (Å²) in [5.41, 5.74) is -1.18. The molecule has 0 spiro atoms. The fourth-order valence-corrected chi connectivity index (χ4v) is 3.84. The van der Waals surface area contributed by atoms with Crippen molar-refractivity contribution in [2.75, 3.05) is 13.2 Å². The van der Waals surface area contributed by atoms with Crippen molar-refractivity contribution >= 4 is 0 Å². The molecule has 4 nitrogen and oxygen atoms in total. The minimum Gasteiger partial charge on any atom is -0.396 e. The Morgan fingerprint density at radius 1 is 0.667 bits per heavy atom. The third-order valence-electron chi connectivity index (χ3n) is 6.16. The average molecular weight is 389 g/mol. The highest BCUT2D eigenvalue weighted by atomic mass is 16.4. The molecule has 5 atom stereocenters. The van der Waals surface area contributed by atoms with Crippen molar-refractivity contribution in [3.8, 4) is 0 Å². The minimum absolute atomic E-state index is 0.326. The van der Waals surface area contributed by atoms with E-state index < -0.39 is 11.7 Å². The summed E-state index contributed by atoms with van der Waals surface area (Å²) in [6, 6.07) is 0. The van der Waals surface area contributed by atoms with Gasteiger partial charge in [0.05, 0.1) is 12.2 Å². The van der Waals surface area contributed by atoms with Crippen molar-refractivity contribution in [1.82, 2.24) is 0 Å². The fourth-order valence-electron chi connectivity index (χ4n) is 3.84. The number of hydrogen-bond donors (Lipinski definition) is 4. The summed E-state index contributed by atoms with van der Waals surface area (Å²) in [5.74, 6) is 2.22. The Bertz CT molecular complexity index is 332. The highest BCUT2D eigenvalue weighted by Gasteiger charge is 2.29. The molecular weight excluding hydrogens is 340 g/mol. The van der Waals surface area contributed by atoms with E-state index in [9.17, 15) is 10.2 Å². The lowest BCUT2D eigenvalue weighted by Gasteiger charge is -2.28. The quantitative estimate of drug-likeness (QED) is 0.257. The van der Waals surface area contributed by atoms with Crippen molar-refractivity contribution in [1.29, 1.82) is 0 Å². The Labute approximate surface area is 168 Å². The Morgan fingerprint density at radius 3 is 1.48 bits per heavy atom. The zero-order valence-electron chi connectivity index (χ0n) is 18.5. The van der Waals surface area contributed by atoms with Crippen LogP contribution in [0.5, 0.6) is 0 Å². The van der Waals surface area contributed by atoms with Gasteiger partial charge in [-0.05, 0) is 37.5 Å². The van der Waals surface area contributed by atoms with Crippen LogP contribution in [0.4, 0.5) is 0 Å². The molecule has 0 aromatic rings. The first kappa shape index (κ1) is 26.8. The molecule has 0 saturated carbocycles. The minimum atomic E-state index is -1.18. The molecule has 0 aromatic carbocycles. The first-order valence-corrected chi connectivity index (χ1v) is 11.3. The van der Waals surface area contributed by atoms with E-state index in [0.29, 0.717) is 18.9 Å². The van der Waals surface area contributed by atoms with E-state index >= 15 is 0 Å². The molecule has 0 rings (SSSR count). The van der Waals surface area contributed by atoms with Gasteiger partial charge in [-0.2, -0.15) is 0 Å². The summed E-state index contributed by atoms with van der Waals surface area (Å²) in [4.78, 5) is 0. The van der Waals surface area contributed by atoms with Gasteiger partial charge in [0.1, 0.15) is 6.10 Å². The lowest BCUT2D eigenvalue weighted by Crippen LogP contribution is -2.41. The largest absolute Gasteiger partial charge is 0.396 e. The van der Waals surface area contributed by atoms with Crippen LogP contribution in [-0.4, -0.2) is 45.3 Å². The Kier molecular flexibility index (Phi) is 15.6. The highest BCUT2D eigenvalue weighted by Crippen LogP contribution is 2.24.